The van der Waals surface area contributed by atoms with Crippen molar-refractivity contribution in [2.24, 2.45) is 5.73 Å². The van der Waals surface area contributed by atoms with Gasteiger partial charge in [-0.1, -0.05) is 48.5 Å². The molecule has 2 rings (SSSR count). The van der Waals surface area contributed by atoms with Crippen molar-refractivity contribution in [3.8, 4) is 0 Å². The molecule has 0 spiro atoms. The Hall–Kier alpha value is -2.37. The van der Waals surface area contributed by atoms with Crippen molar-refractivity contribution < 1.29 is 9.59 Å². The van der Waals surface area contributed by atoms with E-state index >= 15 is 0 Å². The molecule has 6 heteroatoms. The molecular weight excluding hydrogens is 326 g/mol. The van der Waals surface area contributed by atoms with Gasteiger partial charge in [0.2, 0.25) is 5.91 Å². The number of nitrogens with two attached hydrogens (primary N) is 1. The summed E-state index contributed by atoms with van der Waals surface area (Å²) in [5.41, 5.74) is 7.10. The number of nitrogens with one attached hydrogen (secondary N) is 2. The quantitative estimate of drug-likeness (QED) is 0.747. The van der Waals surface area contributed by atoms with Gasteiger partial charge in [-0.05, 0) is 24.6 Å². The molecule has 0 heterocycles. The van der Waals surface area contributed by atoms with E-state index in [9.17, 15) is 9.59 Å². The van der Waals surface area contributed by atoms with Gasteiger partial charge in [-0.15, -0.1) is 12.4 Å². The Balaban J connectivity index is 0.00000288. The van der Waals surface area contributed by atoms with Crippen LogP contribution in [0.4, 0.5) is 0 Å². The van der Waals surface area contributed by atoms with Crippen molar-refractivity contribution in [2.75, 3.05) is 6.54 Å². The monoisotopic (exact) mass is 347 g/mol. The molecule has 0 bridgehead atoms. The third-order valence-corrected chi connectivity index (χ3v) is 3.43. The van der Waals surface area contributed by atoms with Crippen LogP contribution in [0, 0.1) is 0 Å². The van der Waals surface area contributed by atoms with E-state index in [0.717, 1.165) is 5.56 Å². The van der Waals surface area contributed by atoms with Crippen LogP contribution in [0.5, 0.6) is 0 Å². The minimum atomic E-state index is -0.606. The third kappa shape index (κ3) is 5.68. The second kappa shape index (κ2) is 9.70. The molecule has 2 atom stereocenters. The van der Waals surface area contributed by atoms with E-state index < -0.39 is 6.04 Å². The normalized spacial score (nSPS) is 12.4. The lowest BCUT2D eigenvalue weighted by molar-refractivity contribution is -0.122. The van der Waals surface area contributed by atoms with Crippen molar-refractivity contribution in [1.82, 2.24) is 10.6 Å². The third-order valence-electron chi connectivity index (χ3n) is 3.43. The smallest absolute Gasteiger partial charge is 0.251 e. The van der Waals surface area contributed by atoms with Crippen LogP contribution in [-0.2, 0) is 4.79 Å². The second-order valence-electron chi connectivity index (χ2n) is 5.34. The molecule has 5 nitrogen and oxygen atoms in total. The van der Waals surface area contributed by atoms with E-state index in [4.69, 9.17) is 5.73 Å². The molecule has 0 saturated carbocycles. The van der Waals surface area contributed by atoms with Gasteiger partial charge < -0.3 is 16.4 Å². The molecular formula is C18H22ClN3O2. The Kier molecular flexibility index (Phi) is 7.95. The molecule has 0 radical (unpaired) electrons. The molecule has 0 unspecified atom stereocenters. The lowest BCUT2D eigenvalue weighted by atomic mass is 10.1. The molecule has 2 aromatic carbocycles. The molecule has 128 valence electrons. The summed E-state index contributed by atoms with van der Waals surface area (Å²) >= 11 is 0. The van der Waals surface area contributed by atoms with E-state index in [0.29, 0.717) is 5.56 Å². The van der Waals surface area contributed by atoms with Crippen molar-refractivity contribution in [3.63, 3.8) is 0 Å². The van der Waals surface area contributed by atoms with Crippen LogP contribution in [-0.4, -0.2) is 24.4 Å². The van der Waals surface area contributed by atoms with Gasteiger partial charge in [0.25, 0.3) is 5.91 Å². The molecule has 0 aliphatic carbocycles. The molecule has 0 aromatic heterocycles. The van der Waals surface area contributed by atoms with E-state index in [1.165, 1.54) is 0 Å². The first kappa shape index (κ1) is 19.7. The van der Waals surface area contributed by atoms with Gasteiger partial charge in [0.05, 0.1) is 12.1 Å². The molecule has 24 heavy (non-hydrogen) atoms. The lowest BCUT2D eigenvalue weighted by Gasteiger charge is -2.21. The zero-order valence-electron chi connectivity index (χ0n) is 13.4. The molecule has 2 amide bonds. The van der Waals surface area contributed by atoms with Crippen LogP contribution in [0.1, 0.15) is 28.9 Å². The first-order valence-corrected chi connectivity index (χ1v) is 7.52. The van der Waals surface area contributed by atoms with Crippen LogP contribution in [0.15, 0.2) is 60.7 Å². The summed E-state index contributed by atoms with van der Waals surface area (Å²) < 4.78 is 0. The van der Waals surface area contributed by atoms with Gasteiger partial charge in [-0.3, -0.25) is 9.59 Å². The predicted molar refractivity (Wildman–Crippen MR) is 97.0 cm³/mol. The summed E-state index contributed by atoms with van der Waals surface area (Å²) in [6, 6.07) is 17.5. The number of rotatable bonds is 6. The number of hydrogen-bond donors (Lipinski definition) is 3. The van der Waals surface area contributed by atoms with Gasteiger partial charge in [-0.25, -0.2) is 0 Å². The first-order valence-electron chi connectivity index (χ1n) is 7.52. The number of carbonyl (C=O) groups excluding carboxylic acids is 2. The molecule has 0 aliphatic heterocycles. The fourth-order valence-corrected chi connectivity index (χ4v) is 2.13. The van der Waals surface area contributed by atoms with Crippen molar-refractivity contribution in [2.45, 2.75) is 19.0 Å². The molecule has 0 saturated heterocycles. The highest BCUT2D eigenvalue weighted by molar-refractivity contribution is 5.94. The largest absolute Gasteiger partial charge is 0.350 e. The Morgan fingerprint density at radius 3 is 2.08 bits per heavy atom. The minimum Gasteiger partial charge on any atom is -0.350 e. The average Bonchev–Trinajstić information content (AvgIpc) is 2.59. The van der Waals surface area contributed by atoms with Gasteiger partial charge >= 0.3 is 0 Å². The van der Waals surface area contributed by atoms with Crippen LogP contribution in [0.3, 0.4) is 0 Å². The van der Waals surface area contributed by atoms with Crippen molar-refractivity contribution >= 4 is 24.2 Å². The van der Waals surface area contributed by atoms with E-state index in [2.05, 4.69) is 10.6 Å². The molecule has 4 N–H and O–H groups in total. The van der Waals surface area contributed by atoms with Gasteiger partial charge in [0, 0.05) is 12.1 Å². The summed E-state index contributed by atoms with van der Waals surface area (Å²) in [5, 5.41) is 5.71. The number of amides is 2. The van der Waals surface area contributed by atoms with Gasteiger partial charge in [0.1, 0.15) is 0 Å². The summed E-state index contributed by atoms with van der Waals surface area (Å²) in [5.74, 6) is -0.436. The number of halogens is 1. The number of hydrogen-bond acceptors (Lipinski definition) is 3. The van der Waals surface area contributed by atoms with Crippen LogP contribution < -0.4 is 16.4 Å². The maximum atomic E-state index is 12.2. The molecule has 2 aromatic rings. The Morgan fingerprint density at radius 2 is 1.54 bits per heavy atom. The van der Waals surface area contributed by atoms with Crippen molar-refractivity contribution in [1.29, 1.82) is 0 Å². The van der Waals surface area contributed by atoms with Crippen LogP contribution in [0.2, 0.25) is 0 Å². The van der Waals surface area contributed by atoms with E-state index in [-0.39, 0.29) is 36.8 Å². The highest BCUT2D eigenvalue weighted by Gasteiger charge is 2.17. The first-order chi connectivity index (χ1) is 11.1. The zero-order chi connectivity index (χ0) is 16.7. The highest BCUT2D eigenvalue weighted by Crippen LogP contribution is 2.12. The van der Waals surface area contributed by atoms with Crippen LogP contribution in [0.25, 0.3) is 0 Å². The Bertz CT molecular complexity index is 648. The minimum absolute atomic E-state index is 0. The maximum Gasteiger partial charge on any atom is 0.251 e. The Morgan fingerprint density at radius 1 is 1.00 bits per heavy atom. The average molecular weight is 348 g/mol. The Labute approximate surface area is 148 Å². The zero-order valence-corrected chi connectivity index (χ0v) is 14.3. The number of benzene rings is 2. The van der Waals surface area contributed by atoms with E-state index in [1.54, 1.807) is 19.1 Å². The molecule has 0 aliphatic rings. The van der Waals surface area contributed by atoms with E-state index in [1.807, 2.05) is 48.5 Å². The van der Waals surface area contributed by atoms with Crippen LogP contribution >= 0.6 is 12.4 Å². The summed E-state index contributed by atoms with van der Waals surface area (Å²) in [6.45, 7) is 1.91. The molecule has 0 fully saturated rings. The topological polar surface area (TPSA) is 84.2 Å². The summed E-state index contributed by atoms with van der Waals surface area (Å²) in [6.07, 6.45) is 0. The second-order valence-corrected chi connectivity index (χ2v) is 5.34. The highest BCUT2D eigenvalue weighted by atomic mass is 35.5. The van der Waals surface area contributed by atoms with Gasteiger partial charge in [-0.2, -0.15) is 0 Å². The fourth-order valence-electron chi connectivity index (χ4n) is 2.13. The fraction of sp³-hybridized carbons (Fsp3) is 0.222. The number of carbonyl (C=O) groups is 2. The SMILES string of the molecule is C[C@@H](N)C(=O)N[C@H](CNC(=O)c1ccccc1)c1ccccc1.Cl. The summed E-state index contributed by atoms with van der Waals surface area (Å²) in [4.78, 5) is 24.0. The summed E-state index contributed by atoms with van der Waals surface area (Å²) in [7, 11) is 0. The lowest BCUT2D eigenvalue weighted by Crippen LogP contribution is -2.44. The predicted octanol–water partition coefficient (Wildman–Crippen LogP) is 2.04. The van der Waals surface area contributed by atoms with Crippen molar-refractivity contribution in [3.05, 3.63) is 71.8 Å². The standard InChI is InChI=1S/C18H21N3O2.ClH/c1-13(19)17(22)21-16(14-8-4-2-5-9-14)12-20-18(23)15-10-6-3-7-11-15;/h2-11,13,16H,12,19H2,1H3,(H,20,23)(H,21,22);1H/t13-,16-;/m1./s1. The maximum absolute atomic E-state index is 12.2. The van der Waals surface area contributed by atoms with Gasteiger partial charge in [0.15, 0.2) is 0 Å².